The van der Waals surface area contributed by atoms with E-state index in [4.69, 9.17) is 9.47 Å². The number of nitrogens with one attached hydrogen (secondary N) is 1. The van der Waals surface area contributed by atoms with Crippen molar-refractivity contribution >= 4 is 0 Å². The van der Waals surface area contributed by atoms with Crippen LogP contribution in [0.3, 0.4) is 0 Å². The van der Waals surface area contributed by atoms with Gasteiger partial charge in [-0.3, -0.25) is 4.90 Å². The highest BCUT2D eigenvalue weighted by molar-refractivity contribution is 4.97. The van der Waals surface area contributed by atoms with Gasteiger partial charge in [0.25, 0.3) is 0 Å². The van der Waals surface area contributed by atoms with E-state index in [2.05, 4.69) is 24.1 Å². The molecule has 3 rings (SSSR count). The molecule has 0 aromatic heterocycles. The van der Waals surface area contributed by atoms with Gasteiger partial charge in [-0.2, -0.15) is 0 Å². The van der Waals surface area contributed by atoms with Gasteiger partial charge < -0.3 is 14.8 Å². The lowest BCUT2D eigenvalue weighted by atomic mass is 9.83. The van der Waals surface area contributed by atoms with E-state index >= 15 is 0 Å². The van der Waals surface area contributed by atoms with Crippen molar-refractivity contribution in [2.75, 3.05) is 32.8 Å². The van der Waals surface area contributed by atoms with E-state index in [1.807, 2.05) is 0 Å². The topological polar surface area (TPSA) is 33.7 Å². The Labute approximate surface area is 123 Å². The second kappa shape index (κ2) is 6.30. The average Bonchev–Trinajstić information content (AvgIpc) is 2.90. The van der Waals surface area contributed by atoms with Crippen LogP contribution in [-0.2, 0) is 9.47 Å². The average molecular weight is 282 g/mol. The van der Waals surface area contributed by atoms with E-state index in [0.29, 0.717) is 12.1 Å². The van der Waals surface area contributed by atoms with Gasteiger partial charge in [0.2, 0.25) is 0 Å². The molecule has 4 nitrogen and oxygen atoms in total. The minimum absolute atomic E-state index is 0.267. The van der Waals surface area contributed by atoms with Crippen LogP contribution in [0.15, 0.2) is 0 Å². The van der Waals surface area contributed by atoms with E-state index in [1.54, 1.807) is 0 Å². The number of piperidine rings is 1. The first kappa shape index (κ1) is 14.8. The highest BCUT2D eigenvalue weighted by Crippen LogP contribution is 2.38. The summed E-state index contributed by atoms with van der Waals surface area (Å²) in [5, 5.41) is 3.70. The SMILES string of the molecule is CCNC1CCC2(CC1N1CCCC(C)C1)OCCO2. The van der Waals surface area contributed by atoms with Crippen molar-refractivity contribution < 1.29 is 9.47 Å². The molecule has 3 atom stereocenters. The Morgan fingerprint density at radius 1 is 1.25 bits per heavy atom. The van der Waals surface area contributed by atoms with E-state index < -0.39 is 0 Å². The Kier molecular flexibility index (Phi) is 4.65. The van der Waals surface area contributed by atoms with Crippen molar-refractivity contribution in [1.82, 2.24) is 10.2 Å². The lowest BCUT2D eigenvalue weighted by Gasteiger charge is -2.48. The van der Waals surface area contributed by atoms with Crippen LogP contribution in [0.5, 0.6) is 0 Å². The molecule has 2 heterocycles. The molecule has 3 unspecified atom stereocenters. The second-order valence-electron chi connectivity index (χ2n) is 6.82. The Bertz CT molecular complexity index is 318. The van der Waals surface area contributed by atoms with Gasteiger partial charge in [0.05, 0.1) is 13.2 Å². The van der Waals surface area contributed by atoms with Crippen LogP contribution < -0.4 is 5.32 Å². The van der Waals surface area contributed by atoms with Crippen LogP contribution in [0.1, 0.15) is 46.0 Å². The van der Waals surface area contributed by atoms with Crippen LogP contribution in [0.2, 0.25) is 0 Å². The number of hydrogen-bond acceptors (Lipinski definition) is 4. The van der Waals surface area contributed by atoms with Gasteiger partial charge in [-0.25, -0.2) is 0 Å². The number of hydrogen-bond donors (Lipinski definition) is 1. The van der Waals surface area contributed by atoms with Gasteiger partial charge in [0.15, 0.2) is 5.79 Å². The normalized spacial score (nSPS) is 38.4. The molecular formula is C16H30N2O2. The summed E-state index contributed by atoms with van der Waals surface area (Å²) in [6, 6.07) is 1.17. The minimum Gasteiger partial charge on any atom is -0.347 e. The predicted octanol–water partition coefficient (Wildman–Crippen LogP) is 1.99. The largest absolute Gasteiger partial charge is 0.347 e. The number of nitrogens with zero attached hydrogens (tertiary/aromatic N) is 1. The van der Waals surface area contributed by atoms with Crippen molar-refractivity contribution in [3.8, 4) is 0 Å². The van der Waals surface area contributed by atoms with Gasteiger partial charge in [0.1, 0.15) is 0 Å². The molecule has 2 saturated heterocycles. The lowest BCUT2D eigenvalue weighted by Crippen LogP contribution is -2.59. The molecule has 3 fully saturated rings. The zero-order valence-electron chi connectivity index (χ0n) is 13.1. The number of rotatable bonds is 3. The van der Waals surface area contributed by atoms with Gasteiger partial charge in [-0.1, -0.05) is 13.8 Å². The summed E-state index contributed by atoms with van der Waals surface area (Å²) in [7, 11) is 0. The van der Waals surface area contributed by atoms with E-state index in [0.717, 1.165) is 38.5 Å². The maximum atomic E-state index is 5.98. The number of likely N-dealkylation sites (tertiary alicyclic amines) is 1. The molecule has 20 heavy (non-hydrogen) atoms. The molecule has 1 aliphatic carbocycles. The Balaban J connectivity index is 1.71. The van der Waals surface area contributed by atoms with Crippen molar-refractivity contribution in [1.29, 1.82) is 0 Å². The van der Waals surface area contributed by atoms with Gasteiger partial charge in [-0.05, 0) is 38.3 Å². The molecule has 116 valence electrons. The molecule has 3 aliphatic rings. The Hall–Kier alpha value is -0.160. The summed E-state index contributed by atoms with van der Waals surface area (Å²) < 4.78 is 12.0. The number of likely N-dealkylation sites (N-methyl/N-ethyl adjacent to an activating group) is 1. The first-order chi connectivity index (χ1) is 9.72. The third-order valence-corrected chi connectivity index (χ3v) is 5.26. The smallest absolute Gasteiger partial charge is 0.170 e. The fourth-order valence-corrected chi connectivity index (χ4v) is 4.30. The van der Waals surface area contributed by atoms with E-state index in [-0.39, 0.29) is 5.79 Å². The fraction of sp³-hybridized carbons (Fsp3) is 1.00. The number of ether oxygens (including phenoxy) is 2. The molecule has 2 aliphatic heterocycles. The monoisotopic (exact) mass is 282 g/mol. The van der Waals surface area contributed by atoms with Gasteiger partial charge >= 0.3 is 0 Å². The lowest BCUT2D eigenvalue weighted by molar-refractivity contribution is -0.194. The van der Waals surface area contributed by atoms with Crippen LogP contribution in [-0.4, -0.2) is 55.6 Å². The zero-order chi connectivity index (χ0) is 14.0. The molecule has 0 bridgehead atoms. The van der Waals surface area contributed by atoms with Crippen LogP contribution >= 0.6 is 0 Å². The van der Waals surface area contributed by atoms with Crippen molar-refractivity contribution in [3.63, 3.8) is 0 Å². The summed E-state index contributed by atoms with van der Waals surface area (Å²) in [6.45, 7) is 9.68. The van der Waals surface area contributed by atoms with Crippen LogP contribution in [0.4, 0.5) is 0 Å². The Morgan fingerprint density at radius 2 is 2.05 bits per heavy atom. The summed E-state index contributed by atoms with van der Waals surface area (Å²) in [5.41, 5.74) is 0. The fourth-order valence-electron chi connectivity index (χ4n) is 4.30. The highest BCUT2D eigenvalue weighted by Gasteiger charge is 2.46. The first-order valence-corrected chi connectivity index (χ1v) is 8.48. The molecule has 4 heteroatoms. The molecule has 1 saturated carbocycles. The molecular weight excluding hydrogens is 252 g/mol. The Morgan fingerprint density at radius 3 is 2.75 bits per heavy atom. The van der Waals surface area contributed by atoms with Crippen LogP contribution in [0, 0.1) is 5.92 Å². The highest BCUT2D eigenvalue weighted by atomic mass is 16.7. The summed E-state index contributed by atoms with van der Waals surface area (Å²) in [4.78, 5) is 2.70. The summed E-state index contributed by atoms with van der Waals surface area (Å²) in [6.07, 6.45) is 5.98. The quantitative estimate of drug-likeness (QED) is 0.858. The molecule has 1 N–H and O–H groups in total. The third-order valence-electron chi connectivity index (χ3n) is 5.26. The molecule has 0 aromatic rings. The summed E-state index contributed by atoms with van der Waals surface area (Å²) >= 11 is 0. The van der Waals surface area contributed by atoms with E-state index in [9.17, 15) is 0 Å². The van der Waals surface area contributed by atoms with E-state index in [1.165, 1.54) is 32.4 Å². The minimum atomic E-state index is -0.267. The second-order valence-corrected chi connectivity index (χ2v) is 6.82. The van der Waals surface area contributed by atoms with Crippen molar-refractivity contribution in [2.24, 2.45) is 5.92 Å². The van der Waals surface area contributed by atoms with Gasteiger partial charge in [0, 0.05) is 31.5 Å². The predicted molar refractivity (Wildman–Crippen MR) is 79.7 cm³/mol. The first-order valence-electron chi connectivity index (χ1n) is 8.48. The molecule has 0 amide bonds. The van der Waals surface area contributed by atoms with Gasteiger partial charge in [-0.15, -0.1) is 0 Å². The molecule has 1 spiro atoms. The maximum absolute atomic E-state index is 5.98. The van der Waals surface area contributed by atoms with Crippen molar-refractivity contribution in [3.05, 3.63) is 0 Å². The molecule has 0 aromatic carbocycles. The summed E-state index contributed by atoms with van der Waals surface area (Å²) in [5.74, 6) is 0.561. The van der Waals surface area contributed by atoms with Crippen molar-refractivity contribution in [2.45, 2.75) is 63.8 Å². The zero-order valence-corrected chi connectivity index (χ0v) is 13.1. The van der Waals surface area contributed by atoms with Crippen LogP contribution in [0.25, 0.3) is 0 Å². The standard InChI is InChI=1S/C16H30N2O2/c1-3-17-14-6-7-16(19-9-10-20-16)11-15(14)18-8-4-5-13(2)12-18/h13-15,17H,3-12H2,1-2H3. The third kappa shape index (κ3) is 3.03. The molecule has 0 radical (unpaired) electrons. The maximum Gasteiger partial charge on any atom is 0.170 e.